The second-order valence-electron chi connectivity index (χ2n) is 7.37. The molecule has 0 fully saturated rings. The maximum absolute atomic E-state index is 11.6. The first-order valence-corrected chi connectivity index (χ1v) is 12.2. The maximum atomic E-state index is 11.6. The molecule has 0 radical (unpaired) electrons. The number of benzene rings is 1. The van der Waals surface area contributed by atoms with Crippen LogP contribution in [0.15, 0.2) is 30.3 Å². The number of alkyl carbamates (subject to hydrolysis) is 1. The number of hydrogen-bond acceptors (Lipinski definition) is 8. The van der Waals surface area contributed by atoms with Gasteiger partial charge in [-0.15, -0.1) is 0 Å². The molecule has 0 aromatic heterocycles. The van der Waals surface area contributed by atoms with E-state index in [0.717, 1.165) is 18.6 Å². The van der Waals surface area contributed by atoms with Gasteiger partial charge in [-0.1, -0.05) is 50.1 Å². The Kier molecular flexibility index (Phi) is 21.7. The summed E-state index contributed by atoms with van der Waals surface area (Å²) in [5.74, 6) is 0. The van der Waals surface area contributed by atoms with E-state index in [1.807, 2.05) is 30.3 Å². The van der Waals surface area contributed by atoms with Crippen LogP contribution in [0, 0.1) is 0 Å². The molecule has 1 aromatic carbocycles. The molecule has 0 aliphatic heterocycles. The van der Waals surface area contributed by atoms with Gasteiger partial charge < -0.3 is 38.5 Å². The van der Waals surface area contributed by atoms with Crippen molar-refractivity contribution < 1.29 is 38.0 Å². The fourth-order valence-corrected chi connectivity index (χ4v) is 2.66. The smallest absolute Gasteiger partial charge is 0.407 e. The number of carbonyl (C=O) groups excluding carboxylic acids is 1. The SMILES string of the molecule is CCCCCOCCOCCOCCOCCOCCOCCNC(=O)OCc1ccccc1. The highest BCUT2D eigenvalue weighted by atomic mass is 16.6. The zero-order valence-electron chi connectivity index (χ0n) is 20.7. The summed E-state index contributed by atoms with van der Waals surface area (Å²) in [4.78, 5) is 11.6. The number of carbonyl (C=O) groups is 1. The number of amides is 1. The molecule has 0 unspecified atom stereocenters. The molecule has 0 heterocycles. The molecule has 0 bridgehead atoms. The molecular weight excluding hydrogens is 442 g/mol. The Morgan fingerprint density at radius 1 is 0.647 bits per heavy atom. The van der Waals surface area contributed by atoms with E-state index in [9.17, 15) is 4.79 Å². The summed E-state index contributed by atoms with van der Waals surface area (Å²) in [6.45, 7) is 9.34. The van der Waals surface area contributed by atoms with Crippen molar-refractivity contribution in [1.29, 1.82) is 0 Å². The number of nitrogens with one attached hydrogen (secondary N) is 1. The fourth-order valence-electron chi connectivity index (χ4n) is 2.66. The molecule has 196 valence electrons. The van der Waals surface area contributed by atoms with Crippen LogP contribution in [0.4, 0.5) is 4.79 Å². The van der Waals surface area contributed by atoms with Crippen molar-refractivity contribution in [3.63, 3.8) is 0 Å². The minimum absolute atomic E-state index is 0.249. The molecule has 0 saturated heterocycles. The van der Waals surface area contributed by atoms with Crippen molar-refractivity contribution in [2.24, 2.45) is 0 Å². The minimum Gasteiger partial charge on any atom is -0.445 e. The fraction of sp³-hybridized carbons (Fsp3) is 0.720. The zero-order valence-corrected chi connectivity index (χ0v) is 20.7. The molecule has 0 atom stereocenters. The van der Waals surface area contributed by atoms with Gasteiger partial charge in [0.05, 0.1) is 72.7 Å². The molecular formula is C25H43NO8. The van der Waals surface area contributed by atoms with Gasteiger partial charge in [-0.3, -0.25) is 0 Å². The molecule has 1 amide bonds. The lowest BCUT2D eigenvalue weighted by Crippen LogP contribution is -2.28. The summed E-state index contributed by atoms with van der Waals surface area (Å²) in [5.41, 5.74) is 0.946. The van der Waals surface area contributed by atoms with Crippen molar-refractivity contribution in [3.05, 3.63) is 35.9 Å². The lowest BCUT2D eigenvalue weighted by atomic mass is 10.2. The Hall–Kier alpha value is -1.75. The van der Waals surface area contributed by atoms with E-state index in [1.54, 1.807) is 0 Å². The Balaban J connectivity index is 1.69. The van der Waals surface area contributed by atoms with Gasteiger partial charge in [0.2, 0.25) is 0 Å². The average molecular weight is 486 g/mol. The van der Waals surface area contributed by atoms with Gasteiger partial charge >= 0.3 is 6.09 Å². The van der Waals surface area contributed by atoms with Gasteiger partial charge in [-0.2, -0.15) is 0 Å². The lowest BCUT2D eigenvalue weighted by molar-refractivity contribution is -0.0166. The van der Waals surface area contributed by atoms with Crippen LogP contribution < -0.4 is 5.32 Å². The topological polar surface area (TPSA) is 93.7 Å². The van der Waals surface area contributed by atoms with Crippen molar-refractivity contribution in [3.8, 4) is 0 Å². The van der Waals surface area contributed by atoms with E-state index in [0.29, 0.717) is 79.2 Å². The quantitative estimate of drug-likeness (QED) is 0.223. The predicted molar refractivity (Wildman–Crippen MR) is 129 cm³/mol. The number of hydrogen-bond donors (Lipinski definition) is 1. The van der Waals surface area contributed by atoms with E-state index in [4.69, 9.17) is 33.2 Å². The van der Waals surface area contributed by atoms with E-state index in [2.05, 4.69) is 12.2 Å². The van der Waals surface area contributed by atoms with Crippen molar-refractivity contribution in [2.75, 3.05) is 85.8 Å². The lowest BCUT2D eigenvalue weighted by Gasteiger charge is -2.09. The molecule has 9 nitrogen and oxygen atoms in total. The van der Waals surface area contributed by atoms with Crippen molar-refractivity contribution in [2.45, 2.75) is 32.8 Å². The molecule has 1 aromatic rings. The Morgan fingerprint density at radius 2 is 1.12 bits per heavy atom. The third kappa shape index (κ3) is 20.8. The van der Waals surface area contributed by atoms with Crippen LogP contribution in [0.5, 0.6) is 0 Å². The van der Waals surface area contributed by atoms with Gasteiger partial charge in [0.25, 0.3) is 0 Å². The first-order chi connectivity index (χ1) is 16.8. The molecule has 0 saturated carbocycles. The molecule has 0 spiro atoms. The highest BCUT2D eigenvalue weighted by Gasteiger charge is 2.01. The van der Waals surface area contributed by atoms with Gasteiger partial charge in [0.15, 0.2) is 0 Å². The molecule has 1 N–H and O–H groups in total. The van der Waals surface area contributed by atoms with Crippen LogP contribution >= 0.6 is 0 Å². The predicted octanol–water partition coefficient (Wildman–Crippen LogP) is 3.20. The Labute approximate surface area is 204 Å². The van der Waals surface area contributed by atoms with Gasteiger partial charge in [-0.05, 0) is 12.0 Å². The first kappa shape index (κ1) is 30.3. The Morgan fingerprint density at radius 3 is 1.62 bits per heavy atom. The summed E-state index contributed by atoms with van der Waals surface area (Å²) >= 11 is 0. The number of ether oxygens (including phenoxy) is 7. The second kappa shape index (κ2) is 24.4. The second-order valence-corrected chi connectivity index (χ2v) is 7.37. The highest BCUT2D eigenvalue weighted by molar-refractivity contribution is 5.67. The average Bonchev–Trinajstić information content (AvgIpc) is 2.86. The standard InChI is InChI=1S/C25H43NO8/c1-2-3-7-11-28-13-15-30-17-19-32-21-22-33-20-18-31-16-14-29-12-10-26-25(27)34-23-24-8-5-4-6-9-24/h4-6,8-9H,2-3,7,10-23H2,1H3,(H,26,27). The van der Waals surface area contributed by atoms with Crippen LogP contribution in [0.1, 0.15) is 31.7 Å². The van der Waals surface area contributed by atoms with Gasteiger partial charge in [0, 0.05) is 13.2 Å². The van der Waals surface area contributed by atoms with Crippen LogP contribution in [0.3, 0.4) is 0 Å². The molecule has 0 aliphatic carbocycles. The maximum Gasteiger partial charge on any atom is 0.407 e. The van der Waals surface area contributed by atoms with Crippen LogP contribution in [0.2, 0.25) is 0 Å². The van der Waals surface area contributed by atoms with Gasteiger partial charge in [0.1, 0.15) is 6.61 Å². The molecule has 9 heteroatoms. The van der Waals surface area contributed by atoms with E-state index >= 15 is 0 Å². The zero-order chi connectivity index (χ0) is 24.4. The number of unbranched alkanes of at least 4 members (excludes halogenated alkanes) is 2. The molecule has 0 aliphatic rings. The van der Waals surface area contributed by atoms with Crippen molar-refractivity contribution in [1.82, 2.24) is 5.32 Å². The highest BCUT2D eigenvalue weighted by Crippen LogP contribution is 2.00. The molecule has 1 rings (SSSR count). The summed E-state index contributed by atoms with van der Waals surface area (Å²) in [7, 11) is 0. The number of rotatable bonds is 24. The van der Waals surface area contributed by atoms with Crippen molar-refractivity contribution >= 4 is 6.09 Å². The molecule has 34 heavy (non-hydrogen) atoms. The Bertz CT molecular complexity index is 561. The normalized spacial score (nSPS) is 11.0. The third-order valence-electron chi connectivity index (χ3n) is 4.48. The van der Waals surface area contributed by atoms with Crippen LogP contribution in [-0.4, -0.2) is 91.9 Å². The summed E-state index contributed by atoms with van der Waals surface area (Å²) in [5, 5.41) is 2.64. The van der Waals surface area contributed by atoms with Crippen LogP contribution in [-0.2, 0) is 39.8 Å². The monoisotopic (exact) mass is 485 g/mol. The van der Waals surface area contributed by atoms with Crippen LogP contribution in [0.25, 0.3) is 0 Å². The largest absolute Gasteiger partial charge is 0.445 e. The van der Waals surface area contributed by atoms with E-state index in [1.165, 1.54) is 12.8 Å². The van der Waals surface area contributed by atoms with Gasteiger partial charge in [-0.25, -0.2) is 4.79 Å². The summed E-state index contributed by atoms with van der Waals surface area (Å²) in [6, 6.07) is 9.53. The van der Waals surface area contributed by atoms with E-state index in [-0.39, 0.29) is 6.61 Å². The minimum atomic E-state index is -0.458. The first-order valence-electron chi connectivity index (χ1n) is 12.2. The summed E-state index contributed by atoms with van der Waals surface area (Å²) in [6.07, 6.45) is 3.08. The third-order valence-corrected chi connectivity index (χ3v) is 4.48. The summed E-state index contributed by atoms with van der Waals surface area (Å²) < 4.78 is 37.7. The van der Waals surface area contributed by atoms with E-state index < -0.39 is 6.09 Å².